The first-order chi connectivity index (χ1) is 12.7. The Morgan fingerprint density at radius 3 is 2.62 bits per heavy atom. The number of rotatable bonds is 4. The number of nitrogens with zero attached hydrogens (tertiary/aromatic N) is 3. The van der Waals surface area contributed by atoms with Crippen LogP contribution in [0.25, 0.3) is 11.3 Å². The predicted molar refractivity (Wildman–Crippen MR) is 98.9 cm³/mol. The van der Waals surface area contributed by atoms with E-state index in [0.29, 0.717) is 23.8 Å². The Hall–Kier alpha value is -2.57. The monoisotopic (exact) mass is 370 g/mol. The third kappa shape index (κ3) is 3.66. The van der Waals surface area contributed by atoms with Gasteiger partial charge in [-0.05, 0) is 30.3 Å². The van der Waals surface area contributed by atoms with E-state index in [0.717, 1.165) is 36.7 Å². The van der Waals surface area contributed by atoms with Crippen LogP contribution in [0.5, 0.6) is 0 Å². The molecule has 0 bridgehead atoms. The summed E-state index contributed by atoms with van der Waals surface area (Å²) >= 11 is 5.91. The molecule has 6 nitrogen and oxygen atoms in total. The highest BCUT2D eigenvalue weighted by Crippen LogP contribution is 2.21. The van der Waals surface area contributed by atoms with Crippen molar-refractivity contribution in [2.45, 2.75) is 6.54 Å². The summed E-state index contributed by atoms with van der Waals surface area (Å²) in [6.45, 7) is 3.80. The van der Waals surface area contributed by atoms with Crippen molar-refractivity contribution in [3.63, 3.8) is 0 Å². The van der Waals surface area contributed by atoms with Crippen molar-refractivity contribution in [1.82, 2.24) is 20.0 Å². The summed E-state index contributed by atoms with van der Waals surface area (Å²) in [6.07, 6.45) is 1.69. The largest absolute Gasteiger partial charge is 0.468 e. The summed E-state index contributed by atoms with van der Waals surface area (Å²) in [4.78, 5) is 16.9. The zero-order valence-corrected chi connectivity index (χ0v) is 14.9. The molecule has 0 aliphatic carbocycles. The van der Waals surface area contributed by atoms with Gasteiger partial charge in [-0.1, -0.05) is 23.7 Å². The number of amides is 1. The first-order valence-corrected chi connectivity index (χ1v) is 8.92. The van der Waals surface area contributed by atoms with Gasteiger partial charge in [0, 0.05) is 36.8 Å². The van der Waals surface area contributed by atoms with E-state index >= 15 is 0 Å². The van der Waals surface area contributed by atoms with Crippen LogP contribution in [-0.4, -0.2) is 52.1 Å². The maximum absolute atomic E-state index is 12.7. The zero-order chi connectivity index (χ0) is 17.9. The lowest BCUT2D eigenvalue weighted by atomic mass is 10.1. The van der Waals surface area contributed by atoms with Crippen molar-refractivity contribution in [2.24, 2.45) is 0 Å². The average molecular weight is 371 g/mol. The van der Waals surface area contributed by atoms with Crippen molar-refractivity contribution >= 4 is 17.5 Å². The zero-order valence-electron chi connectivity index (χ0n) is 14.2. The van der Waals surface area contributed by atoms with Gasteiger partial charge in [0.1, 0.15) is 11.5 Å². The Bertz CT molecular complexity index is 865. The molecule has 2 aromatic heterocycles. The second kappa shape index (κ2) is 7.35. The lowest BCUT2D eigenvalue weighted by molar-refractivity contribution is 0.0614. The quantitative estimate of drug-likeness (QED) is 0.765. The molecule has 4 rings (SSSR count). The van der Waals surface area contributed by atoms with Gasteiger partial charge in [0.15, 0.2) is 0 Å². The summed E-state index contributed by atoms with van der Waals surface area (Å²) in [5.41, 5.74) is 2.17. The molecule has 134 valence electrons. The van der Waals surface area contributed by atoms with Gasteiger partial charge in [-0.3, -0.25) is 14.8 Å². The Morgan fingerprint density at radius 1 is 1.15 bits per heavy atom. The van der Waals surface area contributed by atoms with Crippen LogP contribution in [0.1, 0.15) is 16.2 Å². The molecule has 0 spiro atoms. The first kappa shape index (κ1) is 16.9. The molecular formula is C19H19ClN4O2. The molecule has 0 radical (unpaired) electrons. The fourth-order valence-electron chi connectivity index (χ4n) is 3.10. The van der Waals surface area contributed by atoms with Crippen molar-refractivity contribution < 1.29 is 9.21 Å². The van der Waals surface area contributed by atoms with Crippen LogP contribution in [0.3, 0.4) is 0 Å². The molecule has 1 fully saturated rings. The fraction of sp³-hybridized carbons (Fsp3) is 0.263. The van der Waals surface area contributed by atoms with Gasteiger partial charge in [0.25, 0.3) is 5.91 Å². The van der Waals surface area contributed by atoms with Crippen LogP contribution in [0.4, 0.5) is 0 Å². The van der Waals surface area contributed by atoms with Crippen molar-refractivity contribution in [3.05, 3.63) is 65.2 Å². The van der Waals surface area contributed by atoms with E-state index < -0.39 is 0 Å². The van der Waals surface area contributed by atoms with Gasteiger partial charge < -0.3 is 9.32 Å². The number of aromatic amines is 1. The Morgan fingerprint density at radius 2 is 1.92 bits per heavy atom. The van der Waals surface area contributed by atoms with E-state index in [1.54, 1.807) is 12.3 Å². The fourth-order valence-corrected chi connectivity index (χ4v) is 3.23. The number of benzene rings is 1. The normalized spacial score (nSPS) is 15.3. The maximum atomic E-state index is 12.7. The number of nitrogens with one attached hydrogen (secondary N) is 1. The molecule has 0 saturated carbocycles. The van der Waals surface area contributed by atoms with Gasteiger partial charge >= 0.3 is 0 Å². The van der Waals surface area contributed by atoms with E-state index in [9.17, 15) is 4.79 Å². The predicted octanol–water partition coefficient (Wildman–Crippen LogP) is 3.28. The minimum absolute atomic E-state index is 0.0182. The topological polar surface area (TPSA) is 65.4 Å². The molecule has 3 heterocycles. The van der Waals surface area contributed by atoms with Crippen molar-refractivity contribution in [3.8, 4) is 11.3 Å². The van der Waals surface area contributed by atoms with E-state index in [1.807, 2.05) is 41.3 Å². The van der Waals surface area contributed by atoms with Crippen LogP contribution in [0.15, 0.2) is 53.1 Å². The number of halogens is 1. The molecule has 1 aliphatic rings. The highest BCUT2D eigenvalue weighted by molar-refractivity contribution is 6.30. The second-order valence-electron chi connectivity index (χ2n) is 6.32. The number of carbonyl (C=O) groups excluding carboxylic acids is 1. The number of aromatic nitrogens is 2. The Labute approximate surface area is 156 Å². The molecule has 26 heavy (non-hydrogen) atoms. The molecular weight excluding hydrogens is 352 g/mol. The summed E-state index contributed by atoms with van der Waals surface area (Å²) in [6, 6.07) is 13.1. The number of H-pyrrole nitrogens is 1. The van der Waals surface area contributed by atoms with Crippen LogP contribution in [-0.2, 0) is 6.54 Å². The van der Waals surface area contributed by atoms with Gasteiger partial charge in [-0.15, -0.1) is 0 Å². The van der Waals surface area contributed by atoms with E-state index in [4.69, 9.17) is 16.0 Å². The number of carbonyl (C=O) groups is 1. The minimum atomic E-state index is -0.0182. The molecule has 7 heteroatoms. The average Bonchev–Trinajstić information content (AvgIpc) is 3.34. The van der Waals surface area contributed by atoms with Gasteiger partial charge in [0.05, 0.1) is 18.5 Å². The first-order valence-electron chi connectivity index (χ1n) is 8.54. The molecule has 1 N–H and O–H groups in total. The summed E-state index contributed by atoms with van der Waals surface area (Å²) < 4.78 is 5.39. The van der Waals surface area contributed by atoms with Gasteiger partial charge in [-0.25, -0.2) is 0 Å². The van der Waals surface area contributed by atoms with Crippen LogP contribution >= 0.6 is 11.6 Å². The van der Waals surface area contributed by atoms with E-state index in [2.05, 4.69) is 15.1 Å². The summed E-state index contributed by atoms with van der Waals surface area (Å²) in [5.74, 6) is 0.932. The smallest absolute Gasteiger partial charge is 0.271 e. The van der Waals surface area contributed by atoms with E-state index in [-0.39, 0.29) is 5.91 Å². The summed E-state index contributed by atoms with van der Waals surface area (Å²) in [5, 5.41) is 7.79. The number of hydrogen-bond acceptors (Lipinski definition) is 4. The lowest BCUT2D eigenvalue weighted by Gasteiger charge is -2.33. The number of piperazine rings is 1. The molecule has 0 unspecified atom stereocenters. The van der Waals surface area contributed by atoms with Crippen LogP contribution in [0.2, 0.25) is 5.02 Å². The van der Waals surface area contributed by atoms with E-state index in [1.165, 1.54) is 0 Å². The SMILES string of the molecule is O=C(c1cc(-c2ccc(Cl)cc2)n[nH]1)N1CCN(Cc2ccco2)CC1. The standard InChI is InChI=1S/C19H19ClN4O2/c20-15-5-3-14(4-6-15)17-12-18(22-21-17)19(25)24-9-7-23(8-10-24)13-16-2-1-11-26-16/h1-6,11-12H,7-10,13H2,(H,21,22). The Kier molecular flexibility index (Phi) is 4.77. The van der Waals surface area contributed by atoms with Crippen LogP contribution < -0.4 is 0 Å². The highest BCUT2D eigenvalue weighted by atomic mass is 35.5. The lowest BCUT2D eigenvalue weighted by Crippen LogP contribution is -2.48. The van der Waals surface area contributed by atoms with Crippen LogP contribution in [0, 0.1) is 0 Å². The van der Waals surface area contributed by atoms with Crippen molar-refractivity contribution in [2.75, 3.05) is 26.2 Å². The molecule has 0 atom stereocenters. The molecule has 1 saturated heterocycles. The second-order valence-corrected chi connectivity index (χ2v) is 6.76. The third-order valence-corrected chi connectivity index (χ3v) is 4.82. The minimum Gasteiger partial charge on any atom is -0.468 e. The molecule has 1 aromatic carbocycles. The maximum Gasteiger partial charge on any atom is 0.271 e. The van der Waals surface area contributed by atoms with Gasteiger partial charge in [-0.2, -0.15) is 5.10 Å². The highest BCUT2D eigenvalue weighted by Gasteiger charge is 2.24. The molecule has 1 aliphatic heterocycles. The molecule has 1 amide bonds. The molecule has 3 aromatic rings. The number of furan rings is 1. The van der Waals surface area contributed by atoms with Crippen molar-refractivity contribution in [1.29, 1.82) is 0 Å². The Balaban J connectivity index is 1.37. The van der Waals surface area contributed by atoms with Gasteiger partial charge in [0.2, 0.25) is 0 Å². The summed E-state index contributed by atoms with van der Waals surface area (Å²) in [7, 11) is 0. The number of hydrogen-bond donors (Lipinski definition) is 1. The third-order valence-electron chi connectivity index (χ3n) is 4.57.